The first-order chi connectivity index (χ1) is 20.8. The first-order valence-corrected chi connectivity index (χ1v) is 14.1. The van der Waals surface area contributed by atoms with Crippen LogP contribution in [-0.2, 0) is 14.3 Å². The molecule has 0 saturated carbocycles. The first kappa shape index (κ1) is 33.9. The monoisotopic (exact) mass is 645 g/mol. The second-order valence-corrected chi connectivity index (χ2v) is 10.0. The predicted octanol–water partition coefficient (Wildman–Crippen LogP) is 3.09. The minimum Gasteiger partial charge on any atom is -0.458 e. The van der Waals surface area contributed by atoms with Crippen molar-refractivity contribution in [2.75, 3.05) is 48.8 Å². The van der Waals surface area contributed by atoms with E-state index in [1.165, 1.54) is 17.8 Å². The van der Waals surface area contributed by atoms with Crippen molar-refractivity contribution in [2.45, 2.75) is 44.8 Å². The number of hydrogen-bond donors (Lipinski definition) is 4. The fraction of sp³-hybridized carbons (Fsp3) is 0.444. The summed E-state index contributed by atoms with van der Waals surface area (Å²) in [5.41, 5.74) is 7.30. The molecule has 0 radical (unpaired) electrons. The van der Waals surface area contributed by atoms with Gasteiger partial charge >= 0.3 is 12.1 Å². The van der Waals surface area contributed by atoms with Gasteiger partial charge in [0.2, 0.25) is 5.95 Å². The zero-order valence-corrected chi connectivity index (χ0v) is 25.7. The summed E-state index contributed by atoms with van der Waals surface area (Å²) in [4.78, 5) is 35.2. The number of nitriles is 2. The van der Waals surface area contributed by atoms with Crippen molar-refractivity contribution in [3.8, 4) is 12.1 Å². The van der Waals surface area contributed by atoms with Crippen LogP contribution in [0.4, 0.5) is 27.9 Å². The molecule has 3 aromatic rings. The predicted molar refractivity (Wildman–Crippen MR) is 165 cm³/mol. The number of hydrogen-bond acceptors (Lipinski definition) is 13. The van der Waals surface area contributed by atoms with Crippen LogP contribution < -0.4 is 26.6 Å². The molecule has 0 unspecified atom stereocenters. The van der Waals surface area contributed by atoms with Gasteiger partial charge in [-0.05, 0) is 44.9 Å². The van der Waals surface area contributed by atoms with Crippen molar-refractivity contribution >= 4 is 64.9 Å². The molecule has 44 heavy (non-hydrogen) atoms. The van der Waals surface area contributed by atoms with Gasteiger partial charge in [-0.15, -0.1) is 17.5 Å². The largest absolute Gasteiger partial charge is 0.458 e. The Hall–Kier alpha value is -4.57. The lowest BCUT2D eigenvalue weighted by Crippen LogP contribution is -2.55. The van der Waals surface area contributed by atoms with Crippen LogP contribution in [0.5, 0.6) is 0 Å². The fourth-order valence-corrected chi connectivity index (χ4v) is 4.96. The standard InChI is InChI=1S/C27H32ClN11O4.ClH/c1-3-32-24-25-33-14-17(13-31)39(25)37-26(36-24)34-19-10-16(12-30)11-20(23(19)28)38-9-7-18(35-27(41)42-2)21(15-38)43-22(40)6-4-5-8-29;/h10-11,14,18,21H,3-9,15,29H2,1-2H3,(H,35,41)(H2,32,34,36,37);1H/t18-,21-;/m1./s1. The maximum Gasteiger partial charge on any atom is 0.407 e. The molecule has 2 atom stereocenters. The van der Waals surface area contributed by atoms with E-state index in [0.29, 0.717) is 67.3 Å². The number of fused-ring (bicyclic) bond motifs is 1. The van der Waals surface area contributed by atoms with Gasteiger partial charge in [0, 0.05) is 19.5 Å². The number of nitrogens with zero attached hydrogens (tertiary/aromatic N) is 7. The number of unbranched alkanes of at least 4 members (excludes halogenated alkanes) is 1. The van der Waals surface area contributed by atoms with Gasteiger partial charge in [0.25, 0.3) is 0 Å². The number of esters is 1. The Labute approximate surface area is 265 Å². The number of ether oxygens (including phenoxy) is 2. The van der Waals surface area contributed by atoms with E-state index in [0.717, 1.165) is 0 Å². The molecule has 2 aromatic heterocycles. The number of rotatable bonds is 11. The number of methoxy groups -OCH3 is 1. The van der Waals surface area contributed by atoms with Gasteiger partial charge in [-0.1, -0.05) is 11.6 Å². The molecule has 1 aliphatic rings. The van der Waals surface area contributed by atoms with E-state index in [-0.39, 0.29) is 42.0 Å². The van der Waals surface area contributed by atoms with Crippen LogP contribution in [-0.4, -0.2) is 77.1 Å². The smallest absolute Gasteiger partial charge is 0.407 e. The van der Waals surface area contributed by atoms with Crippen molar-refractivity contribution < 1.29 is 19.1 Å². The molecule has 1 aliphatic heterocycles. The second kappa shape index (κ2) is 15.8. The molecule has 1 saturated heterocycles. The van der Waals surface area contributed by atoms with Gasteiger partial charge < -0.3 is 36.1 Å². The Kier molecular flexibility index (Phi) is 12.2. The number of imidazole rings is 1. The van der Waals surface area contributed by atoms with E-state index in [9.17, 15) is 20.1 Å². The van der Waals surface area contributed by atoms with Crippen molar-refractivity contribution in [1.29, 1.82) is 10.5 Å². The lowest BCUT2D eigenvalue weighted by Gasteiger charge is -2.39. The summed E-state index contributed by atoms with van der Waals surface area (Å²) >= 11 is 6.89. The third kappa shape index (κ3) is 7.87. The summed E-state index contributed by atoms with van der Waals surface area (Å²) < 4.78 is 11.9. The molecule has 0 aliphatic carbocycles. The van der Waals surface area contributed by atoms with Crippen LogP contribution in [0, 0.1) is 22.7 Å². The minimum absolute atomic E-state index is 0. The van der Waals surface area contributed by atoms with Crippen molar-refractivity contribution in [2.24, 2.45) is 5.73 Å². The summed E-state index contributed by atoms with van der Waals surface area (Å²) in [6.45, 7) is 3.54. The highest BCUT2D eigenvalue weighted by atomic mass is 35.5. The second-order valence-electron chi connectivity index (χ2n) is 9.65. The number of carbonyl (C=O) groups is 2. The minimum atomic E-state index is -0.712. The molecule has 1 aromatic carbocycles. The Balaban J connectivity index is 0.00000529. The van der Waals surface area contributed by atoms with Gasteiger partial charge in [0.05, 0.1) is 53.9 Å². The highest BCUT2D eigenvalue weighted by Crippen LogP contribution is 2.37. The normalized spacial score (nSPS) is 15.8. The van der Waals surface area contributed by atoms with Crippen LogP contribution in [0.1, 0.15) is 43.9 Å². The summed E-state index contributed by atoms with van der Waals surface area (Å²) in [5.74, 6) is 0.119. The Morgan fingerprint density at radius 3 is 2.73 bits per heavy atom. The maximum atomic E-state index is 12.6. The van der Waals surface area contributed by atoms with E-state index < -0.39 is 24.2 Å². The van der Waals surface area contributed by atoms with E-state index >= 15 is 0 Å². The number of halogens is 2. The number of alkyl carbamates (subject to hydrolysis) is 1. The Morgan fingerprint density at radius 1 is 1.25 bits per heavy atom. The summed E-state index contributed by atoms with van der Waals surface area (Å²) in [6, 6.07) is 6.90. The topological polar surface area (TPSA) is 209 Å². The quantitative estimate of drug-likeness (QED) is 0.175. The highest BCUT2D eigenvalue weighted by molar-refractivity contribution is 6.36. The number of piperidine rings is 1. The van der Waals surface area contributed by atoms with Gasteiger partial charge in [-0.25, -0.2) is 9.78 Å². The average molecular weight is 647 g/mol. The van der Waals surface area contributed by atoms with E-state index in [1.807, 2.05) is 17.9 Å². The van der Waals surface area contributed by atoms with Gasteiger partial charge in [-0.3, -0.25) is 4.79 Å². The molecule has 4 rings (SSSR count). The van der Waals surface area contributed by atoms with Crippen molar-refractivity contribution in [1.82, 2.24) is 24.9 Å². The van der Waals surface area contributed by atoms with Crippen molar-refractivity contribution in [3.63, 3.8) is 0 Å². The number of benzene rings is 1. The van der Waals surface area contributed by atoms with Crippen LogP contribution >= 0.6 is 24.0 Å². The molecular formula is C27H33Cl2N11O4. The molecule has 234 valence electrons. The highest BCUT2D eigenvalue weighted by Gasteiger charge is 2.35. The fourth-order valence-electron chi connectivity index (χ4n) is 4.68. The van der Waals surface area contributed by atoms with E-state index in [4.69, 9.17) is 26.8 Å². The number of nitrogens with one attached hydrogen (secondary N) is 3. The molecular weight excluding hydrogens is 613 g/mol. The van der Waals surface area contributed by atoms with Crippen LogP contribution in [0.2, 0.25) is 5.02 Å². The molecule has 3 heterocycles. The Bertz CT molecular complexity index is 1570. The molecule has 0 bridgehead atoms. The molecule has 1 fully saturated rings. The number of amides is 1. The number of anilines is 4. The Morgan fingerprint density at radius 2 is 2.05 bits per heavy atom. The van der Waals surface area contributed by atoms with Gasteiger partial charge in [0.1, 0.15) is 12.2 Å². The van der Waals surface area contributed by atoms with Crippen LogP contribution in [0.15, 0.2) is 18.3 Å². The summed E-state index contributed by atoms with van der Waals surface area (Å²) in [7, 11) is 1.26. The van der Waals surface area contributed by atoms with Gasteiger partial charge in [0.15, 0.2) is 17.2 Å². The van der Waals surface area contributed by atoms with Crippen LogP contribution in [0.3, 0.4) is 0 Å². The zero-order chi connectivity index (χ0) is 30.9. The average Bonchev–Trinajstić information content (AvgIpc) is 3.42. The van der Waals surface area contributed by atoms with Gasteiger partial charge in [-0.2, -0.15) is 20.0 Å². The third-order valence-electron chi connectivity index (χ3n) is 6.76. The zero-order valence-electron chi connectivity index (χ0n) is 24.2. The third-order valence-corrected chi connectivity index (χ3v) is 7.15. The number of carbonyl (C=O) groups excluding carboxylic acids is 2. The number of nitrogens with two attached hydrogens (primary N) is 1. The van der Waals surface area contributed by atoms with Crippen molar-refractivity contribution in [3.05, 3.63) is 34.6 Å². The summed E-state index contributed by atoms with van der Waals surface area (Å²) in [6.07, 6.45) is 1.93. The first-order valence-electron chi connectivity index (χ1n) is 13.7. The lowest BCUT2D eigenvalue weighted by atomic mass is 10.00. The molecule has 5 N–H and O–H groups in total. The SMILES string of the molecule is CCNc1nc(Nc2cc(C#N)cc(N3CC[C@@H](NC(=O)OC)[C@H](OC(=O)CCCCN)C3)c2Cl)nn2c(C#N)cnc12.Cl. The molecule has 1 amide bonds. The van der Waals surface area contributed by atoms with Crippen LogP contribution in [0.25, 0.3) is 5.65 Å². The molecule has 15 nitrogen and oxygen atoms in total. The van der Waals surface area contributed by atoms with E-state index in [1.54, 1.807) is 12.1 Å². The lowest BCUT2D eigenvalue weighted by molar-refractivity contribution is -0.150. The molecule has 17 heteroatoms. The number of aromatic nitrogens is 4. The van der Waals surface area contributed by atoms with E-state index in [2.05, 4.69) is 37.1 Å². The molecule has 0 spiro atoms. The summed E-state index contributed by atoms with van der Waals surface area (Å²) in [5, 5.41) is 32.9. The maximum absolute atomic E-state index is 12.6.